The zero-order valence-corrected chi connectivity index (χ0v) is 5.97. The van der Waals surface area contributed by atoms with Crippen molar-refractivity contribution in [2.24, 2.45) is 0 Å². The maximum atomic E-state index is 12.5. The van der Waals surface area contributed by atoms with Crippen LogP contribution in [0.4, 0.5) is 13.2 Å². The Bertz CT molecular complexity index is 222. The average molecular weight is 185 g/mol. The van der Waals surface area contributed by atoms with E-state index in [9.17, 15) is 13.2 Å². The second-order valence-electron chi connectivity index (χ2n) is 1.86. The largest absolute Gasteiger partial charge is 0.375 e. The number of hydrogen-bond acceptors (Lipinski definition) is 1. The summed E-state index contributed by atoms with van der Waals surface area (Å²) in [6.45, 7) is 0. The Morgan fingerprint density at radius 2 is 2.18 bits per heavy atom. The highest BCUT2D eigenvalue weighted by Gasteiger charge is 2.40. The van der Waals surface area contributed by atoms with Crippen LogP contribution in [0.5, 0.6) is 0 Å². The molecular formula is C5H4ClF3N2. The SMILES string of the molecule is FC(Cl)C(F)(F)n1ccnc1. The molecule has 1 aromatic heterocycles. The molecule has 11 heavy (non-hydrogen) atoms. The summed E-state index contributed by atoms with van der Waals surface area (Å²) in [7, 11) is 0. The molecule has 0 bridgehead atoms. The number of hydrogen-bond donors (Lipinski definition) is 0. The van der Waals surface area contributed by atoms with Crippen molar-refractivity contribution in [2.75, 3.05) is 0 Å². The van der Waals surface area contributed by atoms with Crippen molar-refractivity contribution in [2.45, 2.75) is 11.7 Å². The molecule has 0 aromatic carbocycles. The van der Waals surface area contributed by atoms with E-state index in [1.807, 2.05) is 0 Å². The summed E-state index contributed by atoms with van der Waals surface area (Å²) in [6, 6.07) is -3.72. The molecule has 0 aliphatic carbocycles. The molecule has 0 amide bonds. The molecule has 0 radical (unpaired) electrons. The van der Waals surface area contributed by atoms with Gasteiger partial charge in [-0.3, -0.25) is 4.57 Å². The lowest BCUT2D eigenvalue weighted by molar-refractivity contribution is -0.115. The molecule has 1 rings (SSSR count). The smallest absolute Gasteiger partial charge is 0.274 e. The molecule has 2 nitrogen and oxygen atoms in total. The minimum Gasteiger partial charge on any atom is -0.274 e. The average Bonchev–Trinajstić information content (AvgIpc) is 2.37. The first-order chi connectivity index (χ1) is 5.05. The van der Waals surface area contributed by atoms with Crippen LogP contribution in [0, 0.1) is 0 Å². The third kappa shape index (κ3) is 1.48. The van der Waals surface area contributed by atoms with E-state index in [0.717, 1.165) is 18.7 Å². The van der Waals surface area contributed by atoms with E-state index in [0.29, 0.717) is 4.57 Å². The lowest BCUT2D eigenvalue weighted by atomic mass is 10.6. The predicted molar refractivity (Wildman–Crippen MR) is 33.2 cm³/mol. The molecule has 0 fully saturated rings. The highest BCUT2D eigenvalue weighted by molar-refractivity contribution is 6.20. The van der Waals surface area contributed by atoms with E-state index in [1.54, 1.807) is 0 Å². The minimum absolute atomic E-state index is 0.310. The fraction of sp³-hybridized carbons (Fsp3) is 0.400. The fourth-order valence-electron chi connectivity index (χ4n) is 0.548. The van der Waals surface area contributed by atoms with Crippen LogP contribution in [0.15, 0.2) is 18.7 Å². The van der Waals surface area contributed by atoms with E-state index in [2.05, 4.69) is 16.6 Å². The minimum atomic E-state index is -3.72. The van der Waals surface area contributed by atoms with Crippen molar-refractivity contribution in [1.29, 1.82) is 0 Å². The van der Waals surface area contributed by atoms with Gasteiger partial charge in [0.05, 0.1) is 6.33 Å². The van der Waals surface area contributed by atoms with Gasteiger partial charge in [-0.2, -0.15) is 8.78 Å². The Hall–Kier alpha value is -0.710. The zero-order chi connectivity index (χ0) is 8.48. The van der Waals surface area contributed by atoms with Crippen LogP contribution in [-0.4, -0.2) is 15.2 Å². The Morgan fingerprint density at radius 3 is 2.55 bits per heavy atom. The highest BCUT2D eigenvalue weighted by Crippen LogP contribution is 2.29. The van der Waals surface area contributed by atoms with Gasteiger partial charge in [-0.1, -0.05) is 11.6 Å². The molecule has 0 aliphatic heterocycles. The first-order valence-electron chi connectivity index (χ1n) is 2.69. The summed E-state index contributed by atoms with van der Waals surface area (Å²) in [5.74, 6) is 0. The van der Waals surface area contributed by atoms with Gasteiger partial charge in [0.15, 0.2) is 0 Å². The van der Waals surface area contributed by atoms with E-state index >= 15 is 0 Å². The van der Waals surface area contributed by atoms with Crippen molar-refractivity contribution >= 4 is 11.6 Å². The third-order valence-corrected chi connectivity index (χ3v) is 1.37. The third-order valence-electron chi connectivity index (χ3n) is 1.11. The second kappa shape index (κ2) is 2.73. The Balaban J connectivity index is 2.90. The molecule has 0 aliphatic rings. The van der Waals surface area contributed by atoms with Crippen LogP contribution in [0.3, 0.4) is 0 Å². The number of nitrogens with zero attached hydrogens (tertiary/aromatic N) is 2. The van der Waals surface area contributed by atoms with Crippen LogP contribution >= 0.6 is 11.6 Å². The van der Waals surface area contributed by atoms with Gasteiger partial charge in [0.2, 0.25) is 0 Å². The Kier molecular flexibility index (Phi) is 2.08. The summed E-state index contributed by atoms with van der Waals surface area (Å²) < 4.78 is 37.4. The summed E-state index contributed by atoms with van der Waals surface area (Å²) in [5, 5.41) is 0. The first kappa shape index (κ1) is 8.39. The monoisotopic (exact) mass is 184 g/mol. The molecule has 1 unspecified atom stereocenters. The molecule has 0 N–H and O–H groups in total. The van der Waals surface area contributed by atoms with Gasteiger partial charge < -0.3 is 0 Å². The normalized spacial score (nSPS) is 14.9. The van der Waals surface area contributed by atoms with E-state index in [4.69, 9.17) is 0 Å². The van der Waals surface area contributed by atoms with Crippen molar-refractivity contribution < 1.29 is 13.2 Å². The lowest BCUT2D eigenvalue weighted by Crippen LogP contribution is -2.29. The van der Waals surface area contributed by atoms with Crippen LogP contribution in [0.1, 0.15) is 0 Å². The van der Waals surface area contributed by atoms with Crippen molar-refractivity contribution in [1.82, 2.24) is 9.55 Å². The fourth-order valence-corrected chi connectivity index (χ4v) is 0.661. The molecule has 0 saturated heterocycles. The second-order valence-corrected chi connectivity index (χ2v) is 2.24. The Labute approximate surface area is 65.6 Å². The van der Waals surface area contributed by atoms with Crippen LogP contribution in [0.2, 0.25) is 0 Å². The van der Waals surface area contributed by atoms with E-state index < -0.39 is 11.7 Å². The maximum Gasteiger partial charge on any atom is 0.375 e. The number of alkyl halides is 4. The molecule has 1 atom stereocenters. The molecule has 0 spiro atoms. The number of imidazole rings is 1. The number of rotatable bonds is 2. The molecule has 6 heteroatoms. The van der Waals surface area contributed by atoms with Gasteiger partial charge in [0.1, 0.15) is 0 Å². The van der Waals surface area contributed by atoms with Gasteiger partial charge in [-0.15, -0.1) is 0 Å². The van der Waals surface area contributed by atoms with Gasteiger partial charge >= 0.3 is 6.05 Å². The number of halogens is 4. The molecule has 1 aromatic rings. The van der Waals surface area contributed by atoms with Crippen LogP contribution < -0.4 is 0 Å². The standard InChI is InChI=1S/C5H4ClF3N2/c6-4(7)5(8,9)11-2-1-10-3-11/h1-4H. The summed E-state index contributed by atoms with van der Waals surface area (Å²) in [4.78, 5) is 3.33. The van der Waals surface area contributed by atoms with E-state index in [1.165, 1.54) is 0 Å². The van der Waals surface area contributed by atoms with E-state index in [-0.39, 0.29) is 0 Å². The van der Waals surface area contributed by atoms with Gasteiger partial charge in [-0.05, 0) is 0 Å². The maximum absolute atomic E-state index is 12.5. The summed E-state index contributed by atoms with van der Waals surface area (Å²) in [5.41, 5.74) is -2.74. The Morgan fingerprint density at radius 1 is 1.55 bits per heavy atom. The zero-order valence-electron chi connectivity index (χ0n) is 5.22. The van der Waals surface area contributed by atoms with Gasteiger partial charge in [0, 0.05) is 12.4 Å². The summed E-state index contributed by atoms with van der Waals surface area (Å²) in [6.07, 6.45) is 2.86. The lowest BCUT2D eigenvalue weighted by Gasteiger charge is -2.16. The van der Waals surface area contributed by atoms with Crippen LogP contribution in [-0.2, 0) is 6.05 Å². The number of aromatic nitrogens is 2. The molecule has 62 valence electrons. The molecule has 0 saturated carbocycles. The van der Waals surface area contributed by atoms with Crippen molar-refractivity contribution in [3.8, 4) is 0 Å². The van der Waals surface area contributed by atoms with Crippen molar-refractivity contribution in [3.63, 3.8) is 0 Å². The highest BCUT2D eigenvalue weighted by atomic mass is 35.5. The van der Waals surface area contributed by atoms with Crippen molar-refractivity contribution in [3.05, 3.63) is 18.7 Å². The van der Waals surface area contributed by atoms with Gasteiger partial charge in [0.25, 0.3) is 5.63 Å². The predicted octanol–water partition coefficient (Wildman–Crippen LogP) is 1.97. The quantitative estimate of drug-likeness (QED) is 0.643. The topological polar surface area (TPSA) is 17.8 Å². The summed E-state index contributed by atoms with van der Waals surface area (Å²) >= 11 is 4.60. The molecular weight excluding hydrogens is 181 g/mol. The molecule has 1 heterocycles. The van der Waals surface area contributed by atoms with Crippen LogP contribution in [0.25, 0.3) is 0 Å². The van der Waals surface area contributed by atoms with Gasteiger partial charge in [-0.25, -0.2) is 9.37 Å². The first-order valence-corrected chi connectivity index (χ1v) is 3.13.